The molecule has 32 heavy (non-hydrogen) atoms. The van der Waals surface area contributed by atoms with Gasteiger partial charge in [0.1, 0.15) is 0 Å². The van der Waals surface area contributed by atoms with Crippen molar-refractivity contribution in [2.45, 2.75) is 25.6 Å². The third-order valence-electron chi connectivity index (χ3n) is 5.62. The van der Waals surface area contributed by atoms with Crippen molar-refractivity contribution in [3.63, 3.8) is 0 Å². The largest absolute Gasteiger partial charge is 0.335 e. The Labute approximate surface area is 187 Å². The number of amides is 1. The van der Waals surface area contributed by atoms with E-state index >= 15 is 0 Å². The fourth-order valence-electron chi connectivity index (χ4n) is 3.95. The van der Waals surface area contributed by atoms with E-state index in [-0.39, 0.29) is 49.1 Å². The molecule has 1 fully saturated rings. The zero-order chi connectivity index (χ0) is 22.7. The van der Waals surface area contributed by atoms with E-state index in [1.165, 1.54) is 8.99 Å². The van der Waals surface area contributed by atoms with E-state index in [1.54, 1.807) is 41.3 Å². The van der Waals surface area contributed by atoms with E-state index in [2.05, 4.69) is 5.10 Å². The zero-order valence-corrected chi connectivity index (χ0v) is 18.8. The maximum atomic E-state index is 13.3. The third-order valence-corrected chi connectivity index (χ3v) is 7.47. The van der Waals surface area contributed by atoms with Crippen molar-refractivity contribution < 1.29 is 13.2 Å². The molecule has 2 aromatic carbocycles. The summed E-state index contributed by atoms with van der Waals surface area (Å²) in [5.41, 5.74) is 0.755. The summed E-state index contributed by atoms with van der Waals surface area (Å²) in [6.45, 7) is 3.38. The third kappa shape index (κ3) is 4.44. The number of piperazine rings is 1. The summed E-state index contributed by atoms with van der Waals surface area (Å²) in [6.07, 6.45) is 0.719. The van der Waals surface area contributed by atoms with Gasteiger partial charge in [-0.3, -0.25) is 9.59 Å². The van der Waals surface area contributed by atoms with Crippen molar-refractivity contribution in [3.05, 3.63) is 76.2 Å². The van der Waals surface area contributed by atoms with E-state index in [4.69, 9.17) is 0 Å². The van der Waals surface area contributed by atoms with Gasteiger partial charge in [0, 0.05) is 38.1 Å². The van der Waals surface area contributed by atoms with Gasteiger partial charge in [-0.1, -0.05) is 55.5 Å². The van der Waals surface area contributed by atoms with E-state index in [9.17, 15) is 18.0 Å². The molecule has 168 valence electrons. The van der Waals surface area contributed by atoms with Gasteiger partial charge in [0.15, 0.2) is 5.69 Å². The highest BCUT2D eigenvalue weighted by molar-refractivity contribution is 7.88. The lowest BCUT2D eigenvalue weighted by molar-refractivity contribution is 0.0691. The Morgan fingerprint density at radius 1 is 0.938 bits per heavy atom. The number of aryl methyl sites for hydroxylation is 1. The molecule has 4 rings (SSSR count). The maximum Gasteiger partial charge on any atom is 0.275 e. The van der Waals surface area contributed by atoms with Crippen molar-refractivity contribution in [3.8, 4) is 0 Å². The molecule has 0 saturated carbocycles. The number of hydrogen-bond acceptors (Lipinski definition) is 5. The first-order valence-electron chi connectivity index (χ1n) is 10.7. The molecule has 0 N–H and O–H groups in total. The Morgan fingerprint density at radius 3 is 2.22 bits per heavy atom. The second-order valence-corrected chi connectivity index (χ2v) is 9.82. The summed E-state index contributed by atoms with van der Waals surface area (Å²) < 4.78 is 28.4. The average Bonchev–Trinajstić information content (AvgIpc) is 2.81. The highest BCUT2D eigenvalue weighted by Gasteiger charge is 2.30. The van der Waals surface area contributed by atoms with Crippen LogP contribution in [0.15, 0.2) is 59.4 Å². The summed E-state index contributed by atoms with van der Waals surface area (Å²) in [7, 11) is -3.47. The predicted octanol–water partition coefficient (Wildman–Crippen LogP) is 2.09. The first-order chi connectivity index (χ1) is 15.4. The maximum absolute atomic E-state index is 13.3. The van der Waals surface area contributed by atoms with E-state index in [0.29, 0.717) is 17.3 Å². The van der Waals surface area contributed by atoms with Gasteiger partial charge in [0.25, 0.3) is 11.5 Å². The van der Waals surface area contributed by atoms with Gasteiger partial charge in [-0.05, 0) is 18.1 Å². The predicted molar refractivity (Wildman–Crippen MR) is 123 cm³/mol. The van der Waals surface area contributed by atoms with Crippen molar-refractivity contribution in [1.29, 1.82) is 0 Å². The molecule has 3 aromatic rings. The van der Waals surface area contributed by atoms with Crippen LogP contribution in [0.3, 0.4) is 0 Å². The molecule has 0 atom stereocenters. The minimum atomic E-state index is -3.47. The minimum absolute atomic E-state index is 0.0596. The fourth-order valence-corrected chi connectivity index (χ4v) is 5.47. The molecule has 1 amide bonds. The number of aromatic nitrogens is 2. The summed E-state index contributed by atoms with van der Waals surface area (Å²) in [4.78, 5) is 27.6. The van der Waals surface area contributed by atoms with Gasteiger partial charge in [0.05, 0.1) is 11.1 Å². The number of nitrogens with zero attached hydrogens (tertiary/aromatic N) is 4. The van der Waals surface area contributed by atoms with Crippen LogP contribution >= 0.6 is 0 Å². The lowest BCUT2D eigenvalue weighted by Crippen LogP contribution is -2.51. The molecule has 0 spiro atoms. The van der Waals surface area contributed by atoms with Crippen LogP contribution in [0, 0.1) is 0 Å². The Kier molecular flexibility index (Phi) is 6.38. The van der Waals surface area contributed by atoms with Crippen molar-refractivity contribution in [2.75, 3.05) is 26.2 Å². The zero-order valence-electron chi connectivity index (χ0n) is 18.0. The second kappa shape index (κ2) is 9.22. The molecule has 0 bridgehead atoms. The van der Waals surface area contributed by atoms with E-state index in [0.717, 1.165) is 12.0 Å². The molecule has 1 aliphatic rings. The molecule has 1 aromatic heterocycles. The van der Waals surface area contributed by atoms with Gasteiger partial charge < -0.3 is 4.90 Å². The summed E-state index contributed by atoms with van der Waals surface area (Å²) >= 11 is 0. The Hall–Kier alpha value is -3.04. The lowest BCUT2D eigenvalue weighted by atomic mass is 10.1. The normalized spacial score (nSPS) is 15.2. The Morgan fingerprint density at radius 2 is 1.56 bits per heavy atom. The molecule has 0 unspecified atom stereocenters. The van der Waals surface area contributed by atoms with Crippen LogP contribution in [0.25, 0.3) is 10.8 Å². The smallest absolute Gasteiger partial charge is 0.275 e. The second-order valence-electron chi connectivity index (χ2n) is 7.86. The quantitative estimate of drug-likeness (QED) is 0.569. The summed E-state index contributed by atoms with van der Waals surface area (Å²) in [5.74, 6) is -0.346. The molecular weight excluding hydrogens is 428 g/mol. The SMILES string of the molecule is CCCn1nc(C(=O)N2CCN(S(=O)(=O)Cc3ccccc3)CC2)c2ccccc2c1=O. The monoisotopic (exact) mass is 454 g/mol. The van der Waals surface area contributed by atoms with Crippen LogP contribution in [0.1, 0.15) is 29.4 Å². The number of hydrogen-bond donors (Lipinski definition) is 0. The van der Waals surface area contributed by atoms with Gasteiger partial charge in [0.2, 0.25) is 10.0 Å². The number of carbonyl (C=O) groups is 1. The van der Waals surface area contributed by atoms with Crippen molar-refractivity contribution in [1.82, 2.24) is 19.0 Å². The summed E-state index contributed by atoms with van der Waals surface area (Å²) in [5, 5.41) is 5.35. The molecule has 9 heteroatoms. The van der Waals surface area contributed by atoms with Gasteiger partial charge >= 0.3 is 0 Å². The Bertz CT molecular complexity index is 1280. The number of carbonyl (C=O) groups excluding carboxylic acids is 1. The summed E-state index contributed by atoms with van der Waals surface area (Å²) in [6, 6.07) is 16.0. The molecular formula is C23H26N4O4S. The molecule has 2 heterocycles. The van der Waals surface area contributed by atoms with E-state index in [1.807, 2.05) is 25.1 Å². The minimum Gasteiger partial charge on any atom is -0.335 e. The fraction of sp³-hybridized carbons (Fsp3) is 0.348. The van der Waals surface area contributed by atoms with Crippen LogP contribution in [0.2, 0.25) is 0 Å². The number of benzene rings is 2. The first-order valence-corrected chi connectivity index (χ1v) is 12.3. The molecule has 8 nitrogen and oxygen atoms in total. The lowest BCUT2D eigenvalue weighted by Gasteiger charge is -2.34. The standard InChI is InChI=1S/C23H26N4O4S/c1-2-12-27-22(28)20-11-7-6-10-19(20)21(24-27)23(29)25-13-15-26(16-14-25)32(30,31)17-18-8-4-3-5-9-18/h3-11H,2,12-17H2,1H3. The van der Waals surface area contributed by atoms with Crippen molar-refractivity contribution in [2.24, 2.45) is 0 Å². The van der Waals surface area contributed by atoms with Crippen LogP contribution in [-0.2, 0) is 22.3 Å². The van der Waals surface area contributed by atoms with Crippen LogP contribution in [0.4, 0.5) is 0 Å². The highest BCUT2D eigenvalue weighted by atomic mass is 32.2. The highest BCUT2D eigenvalue weighted by Crippen LogP contribution is 2.18. The Balaban J connectivity index is 1.53. The molecule has 0 radical (unpaired) electrons. The first kappa shape index (κ1) is 22.2. The molecule has 1 saturated heterocycles. The van der Waals surface area contributed by atoms with Gasteiger partial charge in [-0.25, -0.2) is 13.1 Å². The number of rotatable bonds is 6. The van der Waals surface area contributed by atoms with E-state index < -0.39 is 10.0 Å². The van der Waals surface area contributed by atoms with Gasteiger partial charge in [-0.2, -0.15) is 9.40 Å². The molecule has 0 aliphatic carbocycles. The number of sulfonamides is 1. The number of fused-ring (bicyclic) bond motifs is 1. The van der Waals surface area contributed by atoms with Crippen LogP contribution in [-0.4, -0.2) is 59.5 Å². The average molecular weight is 455 g/mol. The molecule has 1 aliphatic heterocycles. The van der Waals surface area contributed by atoms with Gasteiger partial charge in [-0.15, -0.1) is 0 Å². The van der Waals surface area contributed by atoms with Crippen LogP contribution in [0.5, 0.6) is 0 Å². The van der Waals surface area contributed by atoms with Crippen molar-refractivity contribution >= 4 is 26.7 Å². The van der Waals surface area contributed by atoms with Crippen LogP contribution < -0.4 is 5.56 Å². The topological polar surface area (TPSA) is 92.6 Å².